The lowest BCUT2D eigenvalue weighted by molar-refractivity contribution is 0.568. The van der Waals surface area contributed by atoms with E-state index in [1.807, 2.05) is 42.5 Å². The number of benzene rings is 2. The highest BCUT2D eigenvalue weighted by Gasteiger charge is 2.10. The molecule has 0 amide bonds. The molecule has 3 rings (SSSR count). The molecule has 0 spiro atoms. The third-order valence-corrected chi connectivity index (χ3v) is 3.95. The van der Waals surface area contributed by atoms with Crippen LogP contribution in [0.3, 0.4) is 0 Å². The van der Waals surface area contributed by atoms with Crippen LogP contribution in [0.15, 0.2) is 63.8 Å². The third kappa shape index (κ3) is 3.13. The Morgan fingerprint density at radius 3 is 2.76 bits per heavy atom. The molecule has 4 nitrogen and oxygen atoms in total. The molecule has 2 aromatic carbocycles. The lowest BCUT2D eigenvalue weighted by Crippen LogP contribution is -2.07. The van der Waals surface area contributed by atoms with Gasteiger partial charge in [-0.05, 0) is 36.8 Å². The highest BCUT2D eigenvalue weighted by atomic mass is 79.9. The minimum Gasteiger partial charge on any atom is -0.423 e. The molecule has 0 radical (unpaired) electrons. The maximum atomic E-state index is 5.23. The summed E-state index contributed by atoms with van der Waals surface area (Å²) in [6.45, 7) is 2.12. The van der Waals surface area contributed by atoms with Crippen LogP contribution < -0.4 is 5.32 Å². The number of anilines is 1. The lowest BCUT2D eigenvalue weighted by Gasteiger charge is -2.17. The summed E-state index contributed by atoms with van der Waals surface area (Å²) >= 11 is 3.58. The molecule has 0 saturated heterocycles. The van der Waals surface area contributed by atoms with Gasteiger partial charge in [-0.3, -0.25) is 0 Å². The highest BCUT2D eigenvalue weighted by molar-refractivity contribution is 9.10. The minimum atomic E-state index is 0.179. The smallest absolute Gasteiger partial charge is 0.247 e. The van der Waals surface area contributed by atoms with Gasteiger partial charge >= 0.3 is 0 Å². The van der Waals surface area contributed by atoms with E-state index in [9.17, 15) is 0 Å². The Hall–Kier alpha value is -2.14. The molecule has 0 aliphatic carbocycles. The minimum absolute atomic E-state index is 0.179. The normalized spacial score (nSPS) is 12.1. The molecule has 0 saturated carbocycles. The van der Waals surface area contributed by atoms with E-state index in [0.717, 1.165) is 15.7 Å². The number of halogens is 1. The van der Waals surface area contributed by atoms with Crippen molar-refractivity contribution in [2.45, 2.75) is 13.0 Å². The van der Waals surface area contributed by atoms with Gasteiger partial charge in [-0.15, -0.1) is 10.2 Å². The standard InChI is InChI=1S/C16H14BrN3O/c1-11(14-7-2-3-8-15(14)17)19-13-6-4-5-12(9-13)16-20-18-10-21-16/h2-11,19H,1H3. The number of nitrogens with zero attached hydrogens (tertiary/aromatic N) is 2. The van der Waals surface area contributed by atoms with Crippen LogP contribution >= 0.6 is 15.9 Å². The van der Waals surface area contributed by atoms with Crippen LogP contribution in [0, 0.1) is 0 Å². The Balaban J connectivity index is 1.82. The number of nitrogens with one attached hydrogen (secondary N) is 1. The van der Waals surface area contributed by atoms with Gasteiger partial charge in [0.15, 0.2) is 0 Å². The van der Waals surface area contributed by atoms with Gasteiger partial charge in [0.2, 0.25) is 12.3 Å². The Morgan fingerprint density at radius 2 is 2.00 bits per heavy atom. The van der Waals surface area contributed by atoms with Crippen LogP contribution in [0.4, 0.5) is 5.69 Å². The van der Waals surface area contributed by atoms with Crippen molar-refractivity contribution in [2.75, 3.05) is 5.32 Å². The molecule has 106 valence electrons. The molecule has 1 unspecified atom stereocenters. The maximum absolute atomic E-state index is 5.23. The van der Waals surface area contributed by atoms with Crippen LogP contribution in [0.2, 0.25) is 0 Å². The second-order valence-corrected chi connectivity index (χ2v) is 5.57. The van der Waals surface area contributed by atoms with Gasteiger partial charge in [0.25, 0.3) is 0 Å². The summed E-state index contributed by atoms with van der Waals surface area (Å²) in [4.78, 5) is 0. The largest absolute Gasteiger partial charge is 0.423 e. The van der Waals surface area contributed by atoms with E-state index in [0.29, 0.717) is 5.89 Å². The fourth-order valence-electron chi connectivity index (χ4n) is 2.19. The lowest BCUT2D eigenvalue weighted by atomic mass is 10.1. The molecule has 0 aliphatic rings. The topological polar surface area (TPSA) is 51.0 Å². The molecule has 1 heterocycles. The Labute approximate surface area is 131 Å². The SMILES string of the molecule is CC(Nc1cccc(-c2nnco2)c1)c1ccccc1Br. The maximum Gasteiger partial charge on any atom is 0.247 e. The monoisotopic (exact) mass is 343 g/mol. The summed E-state index contributed by atoms with van der Waals surface area (Å²) in [5, 5.41) is 11.1. The fraction of sp³-hybridized carbons (Fsp3) is 0.125. The second kappa shape index (κ2) is 6.10. The van der Waals surface area contributed by atoms with E-state index in [-0.39, 0.29) is 6.04 Å². The van der Waals surface area contributed by atoms with Crippen LogP contribution in [0.25, 0.3) is 11.5 Å². The first-order valence-corrected chi connectivity index (χ1v) is 7.41. The predicted octanol–water partition coefficient (Wildman–Crippen LogP) is 4.67. The number of hydrogen-bond donors (Lipinski definition) is 1. The summed E-state index contributed by atoms with van der Waals surface area (Å²) in [5.74, 6) is 0.521. The number of rotatable bonds is 4. The summed E-state index contributed by atoms with van der Waals surface area (Å²) in [6, 6.07) is 16.3. The Kier molecular flexibility index (Phi) is 4.01. The van der Waals surface area contributed by atoms with E-state index in [1.54, 1.807) is 0 Å². The van der Waals surface area contributed by atoms with Gasteiger partial charge in [0.1, 0.15) is 0 Å². The van der Waals surface area contributed by atoms with E-state index in [4.69, 9.17) is 4.42 Å². The van der Waals surface area contributed by atoms with Gasteiger partial charge in [-0.2, -0.15) is 0 Å². The van der Waals surface area contributed by atoms with E-state index < -0.39 is 0 Å². The van der Waals surface area contributed by atoms with Crippen molar-refractivity contribution in [1.82, 2.24) is 10.2 Å². The molecule has 21 heavy (non-hydrogen) atoms. The van der Waals surface area contributed by atoms with Crippen molar-refractivity contribution in [1.29, 1.82) is 0 Å². The molecular weight excluding hydrogens is 330 g/mol. The zero-order chi connectivity index (χ0) is 14.7. The average molecular weight is 344 g/mol. The van der Waals surface area contributed by atoms with Crippen molar-refractivity contribution >= 4 is 21.6 Å². The summed E-state index contributed by atoms with van der Waals surface area (Å²) < 4.78 is 6.32. The first-order chi connectivity index (χ1) is 10.2. The van der Waals surface area contributed by atoms with Gasteiger partial charge in [0.05, 0.1) is 0 Å². The molecule has 0 aliphatic heterocycles. The Morgan fingerprint density at radius 1 is 1.14 bits per heavy atom. The summed E-state index contributed by atoms with van der Waals surface area (Å²) in [5.41, 5.74) is 3.12. The zero-order valence-corrected chi connectivity index (χ0v) is 13.0. The second-order valence-electron chi connectivity index (χ2n) is 4.71. The van der Waals surface area contributed by atoms with Crippen molar-refractivity contribution in [3.05, 3.63) is 65.0 Å². The van der Waals surface area contributed by atoms with E-state index >= 15 is 0 Å². The van der Waals surface area contributed by atoms with Gasteiger partial charge in [0, 0.05) is 21.8 Å². The average Bonchev–Trinajstić information content (AvgIpc) is 3.02. The van der Waals surface area contributed by atoms with E-state index in [2.05, 4.69) is 44.4 Å². The summed E-state index contributed by atoms with van der Waals surface area (Å²) in [6.07, 6.45) is 1.33. The molecule has 0 fully saturated rings. The quantitative estimate of drug-likeness (QED) is 0.747. The van der Waals surface area contributed by atoms with Crippen molar-refractivity contribution < 1.29 is 4.42 Å². The van der Waals surface area contributed by atoms with E-state index in [1.165, 1.54) is 12.0 Å². The molecule has 5 heteroatoms. The molecule has 3 aromatic rings. The Bertz CT molecular complexity index is 728. The highest BCUT2D eigenvalue weighted by Crippen LogP contribution is 2.27. The van der Waals surface area contributed by atoms with Crippen LogP contribution in [0.1, 0.15) is 18.5 Å². The van der Waals surface area contributed by atoms with Crippen LogP contribution in [0.5, 0.6) is 0 Å². The van der Waals surface area contributed by atoms with Crippen molar-refractivity contribution in [2.24, 2.45) is 0 Å². The van der Waals surface area contributed by atoms with Crippen LogP contribution in [-0.4, -0.2) is 10.2 Å². The fourth-order valence-corrected chi connectivity index (χ4v) is 2.82. The molecule has 1 atom stereocenters. The molecule has 1 aromatic heterocycles. The van der Waals surface area contributed by atoms with Crippen LogP contribution in [-0.2, 0) is 0 Å². The molecular formula is C16H14BrN3O. The summed E-state index contributed by atoms with van der Waals surface area (Å²) in [7, 11) is 0. The van der Waals surface area contributed by atoms with Gasteiger partial charge < -0.3 is 9.73 Å². The van der Waals surface area contributed by atoms with Crippen molar-refractivity contribution in [3.63, 3.8) is 0 Å². The third-order valence-electron chi connectivity index (χ3n) is 3.22. The molecule has 1 N–H and O–H groups in total. The molecule has 0 bridgehead atoms. The van der Waals surface area contributed by atoms with Gasteiger partial charge in [-0.25, -0.2) is 0 Å². The predicted molar refractivity (Wildman–Crippen MR) is 85.9 cm³/mol. The number of hydrogen-bond acceptors (Lipinski definition) is 4. The zero-order valence-electron chi connectivity index (χ0n) is 11.5. The first-order valence-electron chi connectivity index (χ1n) is 6.61. The first kappa shape index (κ1) is 13.8. The number of aromatic nitrogens is 2. The van der Waals surface area contributed by atoms with Crippen molar-refractivity contribution in [3.8, 4) is 11.5 Å². The van der Waals surface area contributed by atoms with Gasteiger partial charge in [-0.1, -0.05) is 40.2 Å².